The van der Waals surface area contributed by atoms with Gasteiger partial charge in [-0.1, -0.05) is 35.1 Å². The highest BCUT2D eigenvalue weighted by atomic mass is 35.5. The number of nitrogens with one attached hydrogen (secondary N) is 1. The molecule has 2 aliphatic carbocycles. The van der Waals surface area contributed by atoms with Gasteiger partial charge in [0.2, 0.25) is 11.8 Å². The first-order valence-electron chi connectivity index (χ1n) is 10.6. The number of nitrogens with zero attached hydrogens (tertiary/aromatic N) is 1. The van der Waals surface area contributed by atoms with Crippen molar-refractivity contribution < 1.29 is 19.5 Å². The minimum Gasteiger partial charge on any atom is -0.481 e. The van der Waals surface area contributed by atoms with Gasteiger partial charge in [0.15, 0.2) is 0 Å². The molecule has 7 atom stereocenters. The van der Waals surface area contributed by atoms with Crippen LogP contribution in [0.4, 0.5) is 0 Å². The zero-order valence-electron chi connectivity index (χ0n) is 16.7. The summed E-state index contributed by atoms with van der Waals surface area (Å²) in [5.41, 5.74) is 1.06. The first kappa shape index (κ1) is 20.5. The Balaban J connectivity index is 1.41. The number of carbonyl (C=O) groups is 3. The van der Waals surface area contributed by atoms with Crippen molar-refractivity contribution in [1.82, 2.24) is 9.88 Å². The van der Waals surface area contributed by atoms with Gasteiger partial charge in [0, 0.05) is 27.6 Å². The van der Waals surface area contributed by atoms with Crippen molar-refractivity contribution in [3.8, 4) is 0 Å². The van der Waals surface area contributed by atoms with E-state index in [0.29, 0.717) is 5.02 Å². The van der Waals surface area contributed by atoms with Crippen molar-refractivity contribution >= 4 is 52.5 Å². The van der Waals surface area contributed by atoms with Crippen molar-refractivity contribution in [3.05, 3.63) is 49.4 Å². The second-order valence-corrected chi connectivity index (χ2v) is 11.6. The molecule has 4 aliphatic rings. The molecule has 3 heterocycles. The van der Waals surface area contributed by atoms with Crippen LogP contribution >= 0.6 is 34.7 Å². The molecule has 10 heteroatoms. The Labute approximate surface area is 196 Å². The van der Waals surface area contributed by atoms with Crippen molar-refractivity contribution in [2.45, 2.75) is 29.0 Å². The third kappa shape index (κ3) is 2.80. The van der Waals surface area contributed by atoms with Gasteiger partial charge in [-0.25, -0.2) is 0 Å². The summed E-state index contributed by atoms with van der Waals surface area (Å²) in [5.74, 6) is -2.08. The second-order valence-electron chi connectivity index (χ2n) is 8.98. The number of halogens is 1. The highest BCUT2D eigenvalue weighted by Crippen LogP contribution is 2.68. The summed E-state index contributed by atoms with van der Waals surface area (Å²) in [6.45, 7) is -0.0663. The van der Waals surface area contributed by atoms with E-state index in [1.165, 1.54) is 16.2 Å². The number of rotatable bonds is 4. The normalized spacial score (nSPS) is 34.5. The maximum Gasteiger partial charge on any atom is 0.305 e. The zero-order valence-corrected chi connectivity index (χ0v) is 19.1. The van der Waals surface area contributed by atoms with Gasteiger partial charge in [-0.15, -0.1) is 11.8 Å². The Morgan fingerprint density at radius 1 is 1.12 bits per heavy atom. The number of aliphatic carboxylic acids is 1. The van der Waals surface area contributed by atoms with Crippen LogP contribution in [0.25, 0.3) is 0 Å². The molecule has 1 aromatic heterocycles. The monoisotopic (exact) mass is 490 g/mol. The predicted octanol–water partition coefficient (Wildman–Crippen LogP) is 3.04. The average molecular weight is 491 g/mol. The number of aromatic nitrogens is 1. The van der Waals surface area contributed by atoms with Crippen LogP contribution < -0.4 is 4.87 Å². The van der Waals surface area contributed by atoms with Gasteiger partial charge in [-0.3, -0.25) is 24.1 Å². The van der Waals surface area contributed by atoms with Gasteiger partial charge >= 0.3 is 10.8 Å². The first-order valence-corrected chi connectivity index (χ1v) is 12.6. The van der Waals surface area contributed by atoms with E-state index < -0.39 is 11.9 Å². The molecule has 7 nitrogen and oxygen atoms in total. The van der Waals surface area contributed by atoms with Gasteiger partial charge in [0.25, 0.3) is 0 Å². The molecule has 2 N–H and O–H groups in total. The lowest BCUT2D eigenvalue weighted by molar-refractivity contribution is -0.142. The van der Waals surface area contributed by atoms with E-state index in [-0.39, 0.29) is 64.5 Å². The number of imide groups is 1. The van der Waals surface area contributed by atoms with E-state index in [4.69, 9.17) is 16.7 Å². The van der Waals surface area contributed by atoms with Gasteiger partial charge in [-0.05, 0) is 41.9 Å². The fourth-order valence-electron chi connectivity index (χ4n) is 6.55. The number of likely N-dealkylation sites (tertiary alicyclic amines) is 1. The molecular formula is C22H19ClN2O5S2. The van der Waals surface area contributed by atoms with E-state index in [2.05, 4.69) is 4.98 Å². The molecule has 32 heavy (non-hydrogen) atoms. The number of thiazole rings is 1. The lowest BCUT2D eigenvalue weighted by Gasteiger charge is -2.43. The number of carboxylic acid groups (broad SMARTS) is 1. The third-order valence-corrected chi connectivity index (χ3v) is 10.4. The summed E-state index contributed by atoms with van der Waals surface area (Å²) >= 11 is 8.98. The smallest absolute Gasteiger partial charge is 0.305 e. The number of hydrogen-bond acceptors (Lipinski definition) is 6. The van der Waals surface area contributed by atoms with Crippen LogP contribution in [-0.2, 0) is 14.4 Å². The van der Waals surface area contributed by atoms with Crippen LogP contribution in [-0.4, -0.2) is 44.6 Å². The molecule has 0 unspecified atom stereocenters. The van der Waals surface area contributed by atoms with Crippen molar-refractivity contribution in [1.29, 1.82) is 0 Å². The topological polar surface area (TPSA) is 108 Å². The van der Waals surface area contributed by atoms with E-state index in [1.54, 1.807) is 11.8 Å². The van der Waals surface area contributed by atoms with Gasteiger partial charge in [0.05, 0.1) is 23.3 Å². The summed E-state index contributed by atoms with van der Waals surface area (Å²) in [5, 5.41) is 10.6. The van der Waals surface area contributed by atoms with Crippen molar-refractivity contribution in [2.24, 2.45) is 29.6 Å². The highest BCUT2D eigenvalue weighted by molar-refractivity contribution is 8.00. The summed E-state index contributed by atoms with van der Waals surface area (Å²) < 4.78 is 0. The van der Waals surface area contributed by atoms with Crippen molar-refractivity contribution in [3.63, 3.8) is 0 Å². The van der Waals surface area contributed by atoms with Crippen LogP contribution in [0.15, 0.2) is 34.1 Å². The minimum atomic E-state index is -1.02. The summed E-state index contributed by atoms with van der Waals surface area (Å²) in [7, 11) is 0. The number of H-pyrrole nitrogens is 1. The maximum absolute atomic E-state index is 13.2. The molecule has 2 amide bonds. The Morgan fingerprint density at radius 3 is 2.50 bits per heavy atom. The minimum absolute atomic E-state index is 0.0276. The fraction of sp³-hybridized carbons (Fsp3) is 0.455. The quantitative estimate of drug-likeness (QED) is 0.638. The van der Waals surface area contributed by atoms with Crippen molar-refractivity contribution in [2.75, 3.05) is 6.54 Å². The number of hydrogen-bond donors (Lipinski definition) is 2. The largest absolute Gasteiger partial charge is 0.481 e. The molecule has 0 radical (unpaired) electrons. The molecule has 0 spiro atoms. The molecule has 166 valence electrons. The number of benzene rings is 1. The molecule has 3 fully saturated rings. The van der Waals surface area contributed by atoms with Crippen LogP contribution in [0, 0.1) is 29.6 Å². The van der Waals surface area contributed by atoms with Crippen LogP contribution in [0.1, 0.15) is 29.2 Å². The van der Waals surface area contributed by atoms with E-state index in [1.807, 2.05) is 24.3 Å². The molecule has 2 saturated carbocycles. The lowest BCUT2D eigenvalue weighted by Crippen LogP contribution is -2.42. The number of aromatic amines is 1. The molecule has 2 aliphatic heterocycles. The molecule has 2 aromatic rings. The standard InChI is InChI=1S/C22H19ClN2O5S2/c23-9-3-1-8(2-4-9)13-14-10-7-11(17(14)31-19-18(13)32-22(30)24-19)16-15(10)20(28)25(21(16)29)6-5-12(26)27/h1-4,10-11,13-17H,5-7H2,(H,24,30)(H,26,27)/t10-,11-,13+,14-,15-,16+,17-/m1/s1. The molecular weight excluding hydrogens is 472 g/mol. The highest BCUT2D eigenvalue weighted by Gasteiger charge is 2.69. The Bertz CT molecular complexity index is 1210. The van der Waals surface area contributed by atoms with Gasteiger partial charge in [0.1, 0.15) is 0 Å². The zero-order chi connectivity index (χ0) is 22.3. The maximum atomic E-state index is 13.2. The summed E-state index contributed by atoms with van der Waals surface area (Å²) in [4.78, 5) is 54.7. The predicted molar refractivity (Wildman–Crippen MR) is 119 cm³/mol. The molecule has 6 rings (SSSR count). The number of carbonyl (C=O) groups excluding carboxylic acids is 2. The Morgan fingerprint density at radius 2 is 1.81 bits per heavy atom. The summed E-state index contributed by atoms with van der Waals surface area (Å²) in [6, 6.07) is 7.66. The van der Waals surface area contributed by atoms with Gasteiger partial charge < -0.3 is 10.1 Å². The van der Waals surface area contributed by atoms with Crippen LogP contribution in [0.2, 0.25) is 5.02 Å². The second kappa shape index (κ2) is 7.20. The third-order valence-electron chi connectivity index (χ3n) is 7.59. The molecule has 2 bridgehead atoms. The number of thioether (sulfide) groups is 1. The summed E-state index contributed by atoms with van der Waals surface area (Å²) in [6.07, 6.45) is 0.574. The average Bonchev–Trinajstić information content (AvgIpc) is 3.47. The van der Waals surface area contributed by atoms with E-state index in [0.717, 1.165) is 21.9 Å². The van der Waals surface area contributed by atoms with E-state index in [9.17, 15) is 19.2 Å². The van der Waals surface area contributed by atoms with Crippen LogP contribution in [0.3, 0.4) is 0 Å². The van der Waals surface area contributed by atoms with Crippen LogP contribution in [0.5, 0.6) is 0 Å². The SMILES string of the molecule is O=C(O)CCN1C(=O)[C@@H]2[C@@H]3C[C@@H]([C@H]4Sc5[nH]c(=O)sc5[C@@H](c5ccc(Cl)cc5)[C@@H]34)[C@@H]2C1=O. The fourth-order valence-corrected chi connectivity index (χ4v) is 9.56. The Kier molecular flexibility index (Phi) is 4.61. The van der Waals surface area contributed by atoms with Gasteiger partial charge in [-0.2, -0.15) is 0 Å². The number of carboxylic acids is 1. The number of fused-ring (bicyclic) bond motifs is 9. The molecule has 1 aromatic carbocycles. The molecule has 1 saturated heterocycles. The van der Waals surface area contributed by atoms with E-state index >= 15 is 0 Å². The Hall–Kier alpha value is -2.10. The first-order chi connectivity index (χ1) is 15.3. The lowest BCUT2D eigenvalue weighted by atomic mass is 9.68. The number of amides is 2.